The summed E-state index contributed by atoms with van der Waals surface area (Å²) in [5, 5.41) is 8.89. The number of amides is 2. The molecular formula is C37H38BrF2N3O4. The second-order valence-corrected chi connectivity index (χ2v) is 12.5. The number of morpholine rings is 1. The van der Waals surface area contributed by atoms with Crippen molar-refractivity contribution in [1.29, 1.82) is 0 Å². The number of halogens is 3. The lowest BCUT2D eigenvalue weighted by Crippen LogP contribution is -2.53. The van der Waals surface area contributed by atoms with Crippen molar-refractivity contribution in [2.75, 3.05) is 25.5 Å². The molecule has 4 aromatic rings. The number of ether oxygens (including phenoxy) is 2. The van der Waals surface area contributed by atoms with Crippen LogP contribution in [0.1, 0.15) is 34.6 Å². The van der Waals surface area contributed by atoms with Crippen LogP contribution >= 0.6 is 15.9 Å². The van der Waals surface area contributed by atoms with Crippen LogP contribution in [-0.4, -0.2) is 56.4 Å². The normalized spacial score (nSPS) is 17.1. The molecule has 0 spiro atoms. The smallest absolute Gasteiger partial charge is 0.407 e. The summed E-state index contributed by atoms with van der Waals surface area (Å²) in [5.74, 6) is -3.99. The van der Waals surface area contributed by atoms with Crippen LogP contribution in [0.15, 0.2) is 114 Å². The van der Waals surface area contributed by atoms with Crippen LogP contribution in [0.5, 0.6) is 0 Å². The number of rotatable bonds is 12. The number of alkyl carbamates (subject to hydrolysis) is 1. The fourth-order valence-electron chi connectivity index (χ4n) is 5.88. The van der Waals surface area contributed by atoms with Crippen molar-refractivity contribution in [2.24, 2.45) is 0 Å². The van der Waals surface area contributed by atoms with Crippen LogP contribution in [-0.2, 0) is 27.1 Å². The highest BCUT2D eigenvalue weighted by Gasteiger charge is 2.43. The summed E-state index contributed by atoms with van der Waals surface area (Å²) in [7, 11) is 1.25. The molecule has 1 heterocycles. The van der Waals surface area contributed by atoms with E-state index in [0.717, 1.165) is 21.2 Å². The van der Waals surface area contributed by atoms with E-state index in [4.69, 9.17) is 9.47 Å². The molecule has 1 aliphatic heterocycles. The van der Waals surface area contributed by atoms with Gasteiger partial charge in [-0.05, 0) is 53.3 Å². The van der Waals surface area contributed by atoms with Crippen molar-refractivity contribution in [3.05, 3.63) is 136 Å². The quantitative estimate of drug-likeness (QED) is 0.146. The third kappa shape index (κ3) is 9.24. The van der Waals surface area contributed by atoms with Crippen LogP contribution in [0.25, 0.3) is 0 Å². The highest BCUT2D eigenvalue weighted by atomic mass is 79.9. The van der Waals surface area contributed by atoms with Crippen molar-refractivity contribution in [3.8, 4) is 0 Å². The number of alkyl halides is 2. The highest BCUT2D eigenvalue weighted by Crippen LogP contribution is 2.32. The fourth-order valence-corrected chi connectivity index (χ4v) is 6.15. The fraction of sp³-hybridized carbons (Fsp3) is 0.297. The Bertz CT molecular complexity index is 1570. The van der Waals surface area contributed by atoms with E-state index in [1.54, 1.807) is 30.3 Å². The van der Waals surface area contributed by atoms with Gasteiger partial charge in [0.05, 0.1) is 13.2 Å². The van der Waals surface area contributed by atoms with E-state index >= 15 is 8.78 Å². The van der Waals surface area contributed by atoms with E-state index in [1.165, 1.54) is 7.11 Å². The lowest BCUT2D eigenvalue weighted by molar-refractivity contribution is -0.170. The van der Waals surface area contributed by atoms with Gasteiger partial charge in [0.1, 0.15) is 12.1 Å². The first-order valence-corrected chi connectivity index (χ1v) is 16.3. The maximum atomic E-state index is 15.3. The molecule has 47 heavy (non-hydrogen) atoms. The lowest BCUT2D eigenvalue weighted by atomic mass is 9.84. The van der Waals surface area contributed by atoms with Crippen molar-refractivity contribution in [1.82, 2.24) is 10.6 Å². The van der Waals surface area contributed by atoms with Crippen LogP contribution in [0, 0.1) is 0 Å². The maximum Gasteiger partial charge on any atom is 0.407 e. The standard InChI is InChI=1S/C37H38BrF2N3O4/c1-46-36(45)43-34(33(27-11-4-2-5-12-27)28-13-6-3-7-14-28)35(44)42-31-15-9-8-10-26(31)18-21-30-23-41-24-32(47-30)37(39,40)22-25-16-19-29(38)20-17-25/h2-17,19-20,30,32-34,41H,18,21-24H2,1H3,(H,42,44)(H,43,45). The van der Waals surface area contributed by atoms with Gasteiger partial charge in [-0.25, -0.2) is 13.6 Å². The molecule has 0 radical (unpaired) electrons. The predicted molar refractivity (Wildman–Crippen MR) is 182 cm³/mol. The third-order valence-electron chi connectivity index (χ3n) is 8.29. The van der Waals surface area contributed by atoms with E-state index < -0.39 is 48.5 Å². The average Bonchev–Trinajstić information content (AvgIpc) is 3.09. The number of nitrogens with one attached hydrogen (secondary N) is 3. The second-order valence-electron chi connectivity index (χ2n) is 11.6. The minimum Gasteiger partial charge on any atom is -0.453 e. The molecule has 1 aliphatic rings. The van der Waals surface area contributed by atoms with Crippen LogP contribution in [0.3, 0.4) is 0 Å². The Hall–Kier alpha value is -4.12. The van der Waals surface area contributed by atoms with E-state index in [1.807, 2.05) is 78.9 Å². The molecule has 3 atom stereocenters. The van der Waals surface area contributed by atoms with Gasteiger partial charge in [0.2, 0.25) is 5.91 Å². The average molecular weight is 707 g/mol. The van der Waals surface area contributed by atoms with Gasteiger partial charge in [0.15, 0.2) is 0 Å². The summed E-state index contributed by atoms with van der Waals surface area (Å²) in [4.78, 5) is 26.5. The number of hydrogen-bond donors (Lipinski definition) is 3. The topological polar surface area (TPSA) is 88.7 Å². The SMILES string of the molecule is COC(=O)NC(C(=O)Nc1ccccc1CCC1CNCC(C(F)(F)Cc2ccc(Br)cc2)O1)C(c1ccccc1)c1ccccc1. The van der Waals surface area contributed by atoms with E-state index in [0.29, 0.717) is 30.6 Å². The Morgan fingerprint density at radius 1 is 0.915 bits per heavy atom. The zero-order valence-electron chi connectivity index (χ0n) is 26.0. The number of carbonyl (C=O) groups excluding carboxylic acids is 2. The van der Waals surface area contributed by atoms with Crippen molar-refractivity contribution >= 4 is 33.6 Å². The molecule has 0 saturated carbocycles. The third-order valence-corrected chi connectivity index (χ3v) is 8.81. The Kier molecular flexibility index (Phi) is 11.7. The van der Waals surface area contributed by atoms with Gasteiger partial charge in [0.25, 0.3) is 5.92 Å². The molecule has 5 rings (SSSR count). The molecule has 1 saturated heterocycles. The first-order valence-electron chi connectivity index (χ1n) is 15.5. The Morgan fingerprint density at radius 3 is 2.17 bits per heavy atom. The second kappa shape index (κ2) is 16.1. The van der Waals surface area contributed by atoms with Gasteiger partial charge >= 0.3 is 6.09 Å². The largest absolute Gasteiger partial charge is 0.453 e. The summed E-state index contributed by atoms with van der Waals surface area (Å²) in [6.07, 6.45) is -1.92. The molecule has 0 aliphatic carbocycles. The van der Waals surface area contributed by atoms with Crippen LogP contribution in [0.2, 0.25) is 0 Å². The molecule has 246 valence electrons. The first-order chi connectivity index (χ1) is 22.7. The molecule has 10 heteroatoms. The zero-order chi connectivity index (χ0) is 33.2. The Morgan fingerprint density at radius 2 is 1.53 bits per heavy atom. The number of hydrogen-bond acceptors (Lipinski definition) is 5. The Balaban J connectivity index is 1.30. The first kappa shape index (κ1) is 34.2. The van der Waals surface area contributed by atoms with Gasteiger partial charge in [-0.1, -0.05) is 107 Å². The lowest BCUT2D eigenvalue weighted by Gasteiger charge is -2.35. The Labute approximate surface area is 282 Å². The molecule has 0 bridgehead atoms. The summed E-state index contributed by atoms with van der Waals surface area (Å²) in [5.41, 5.74) is 3.61. The number of methoxy groups -OCH3 is 1. The maximum absolute atomic E-state index is 15.3. The van der Waals surface area contributed by atoms with Gasteiger partial charge in [0, 0.05) is 35.6 Å². The van der Waals surface area contributed by atoms with Crippen molar-refractivity contribution in [3.63, 3.8) is 0 Å². The molecule has 3 N–H and O–H groups in total. The number of carbonyl (C=O) groups is 2. The minimum absolute atomic E-state index is 0.0608. The van der Waals surface area contributed by atoms with Gasteiger partial charge in [-0.15, -0.1) is 0 Å². The molecule has 2 amide bonds. The summed E-state index contributed by atoms with van der Waals surface area (Å²) in [6.45, 7) is 0.506. The zero-order valence-corrected chi connectivity index (χ0v) is 27.6. The van der Waals surface area contributed by atoms with Crippen molar-refractivity contribution < 1.29 is 27.8 Å². The summed E-state index contributed by atoms with van der Waals surface area (Å²) >= 11 is 3.34. The molecule has 4 aromatic carbocycles. The molecule has 0 aromatic heterocycles. The van der Waals surface area contributed by atoms with Gasteiger partial charge < -0.3 is 25.4 Å². The number of anilines is 1. The molecule has 3 unspecified atom stereocenters. The minimum atomic E-state index is -3.05. The van der Waals surface area contributed by atoms with Crippen molar-refractivity contribution in [2.45, 2.75) is 49.4 Å². The summed E-state index contributed by atoms with van der Waals surface area (Å²) in [6, 6.07) is 32.2. The van der Waals surface area contributed by atoms with E-state index in [2.05, 4.69) is 31.9 Å². The predicted octanol–water partition coefficient (Wildman–Crippen LogP) is 7.11. The molecular weight excluding hydrogens is 668 g/mol. The van der Waals surface area contributed by atoms with E-state index in [9.17, 15) is 9.59 Å². The number of benzene rings is 4. The number of aryl methyl sites for hydroxylation is 1. The highest BCUT2D eigenvalue weighted by molar-refractivity contribution is 9.10. The van der Waals surface area contributed by atoms with Crippen LogP contribution < -0.4 is 16.0 Å². The molecule has 1 fully saturated rings. The van der Waals surface area contributed by atoms with Crippen LogP contribution in [0.4, 0.5) is 19.3 Å². The van der Waals surface area contributed by atoms with Gasteiger partial charge in [-0.3, -0.25) is 4.79 Å². The van der Waals surface area contributed by atoms with E-state index in [-0.39, 0.29) is 6.54 Å². The summed E-state index contributed by atoms with van der Waals surface area (Å²) < 4.78 is 42.2. The van der Waals surface area contributed by atoms with Gasteiger partial charge in [-0.2, -0.15) is 0 Å². The number of para-hydroxylation sites is 1. The molecule has 7 nitrogen and oxygen atoms in total. The monoisotopic (exact) mass is 705 g/mol.